The zero-order valence-corrected chi connectivity index (χ0v) is 49.3. The van der Waals surface area contributed by atoms with E-state index in [1.54, 1.807) is 95.7 Å². The Labute approximate surface area is 484 Å². The van der Waals surface area contributed by atoms with Gasteiger partial charge in [0.05, 0.1) is 82.6 Å². The van der Waals surface area contributed by atoms with Crippen LogP contribution in [0.4, 0.5) is 0 Å². The third-order valence-corrected chi connectivity index (χ3v) is 11.8. The number of aromatic nitrogens is 19. The Balaban J connectivity index is 0.000000207. The minimum absolute atomic E-state index is 0.386. The molecule has 0 amide bonds. The predicted octanol–water partition coefficient (Wildman–Crippen LogP) is 10.0. The molecule has 1 aromatic carbocycles. The zero-order chi connectivity index (χ0) is 60.5. The van der Waals surface area contributed by atoms with Crippen molar-refractivity contribution < 1.29 is 4.74 Å². The van der Waals surface area contributed by atoms with Gasteiger partial charge in [0.25, 0.3) is 0 Å². The summed E-state index contributed by atoms with van der Waals surface area (Å²) in [6.07, 6.45) is 23.5. The van der Waals surface area contributed by atoms with Crippen LogP contribution in [0.15, 0.2) is 142 Å². The molecule has 0 spiro atoms. The van der Waals surface area contributed by atoms with Crippen molar-refractivity contribution in [2.75, 3.05) is 7.11 Å². The van der Waals surface area contributed by atoms with Crippen molar-refractivity contribution in [1.82, 2.24) is 95.0 Å². The predicted molar refractivity (Wildman–Crippen MR) is 316 cm³/mol. The van der Waals surface area contributed by atoms with Crippen molar-refractivity contribution in [3.8, 4) is 34.8 Å². The average molecular weight is 1110 g/mol. The van der Waals surface area contributed by atoms with Crippen LogP contribution >= 0.6 is 0 Å². The van der Waals surface area contributed by atoms with Crippen molar-refractivity contribution in [3.05, 3.63) is 226 Å². The lowest BCUT2D eigenvalue weighted by Gasteiger charge is -2.01. The Kier molecular flexibility index (Phi) is 27.5. The largest absolute Gasteiger partial charge is 0.378 e. The van der Waals surface area contributed by atoms with E-state index < -0.39 is 0 Å². The molecule has 0 N–H and O–H groups in total. The van der Waals surface area contributed by atoms with Crippen LogP contribution in [0.2, 0.25) is 0 Å². The van der Waals surface area contributed by atoms with Gasteiger partial charge in [0, 0.05) is 80.6 Å². The molecule has 0 aliphatic rings. The summed E-state index contributed by atoms with van der Waals surface area (Å²) in [6.45, 7) is 23.9. The molecule has 0 fully saturated rings. The van der Waals surface area contributed by atoms with Gasteiger partial charge >= 0.3 is 0 Å². The number of benzene rings is 1. The van der Waals surface area contributed by atoms with E-state index in [-0.39, 0.29) is 0 Å². The maximum absolute atomic E-state index is 8.84. The summed E-state index contributed by atoms with van der Waals surface area (Å²) in [4.78, 5) is 48.9. The van der Waals surface area contributed by atoms with Crippen molar-refractivity contribution in [2.24, 2.45) is 7.05 Å². The van der Waals surface area contributed by atoms with E-state index in [2.05, 4.69) is 90.4 Å². The Hall–Kier alpha value is -10.6. The molecule has 83 heavy (non-hydrogen) atoms. The van der Waals surface area contributed by atoms with Gasteiger partial charge in [-0.25, -0.2) is 39.9 Å². The molecule has 0 saturated heterocycles. The third kappa shape index (κ3) is 22.2. The topological polar surface area (TPSA) is 294 Å². The van der Waals surface area contributed by atoms with Crippen molar-refractivity contribution in [1.29, 1.82) is 10.5 Å². The minimum atomic E-state index is 0.386. The maximum Gasteiger partial charge on any atom is 0.163 e. The molecule has 22 heteroatoms. The molecule has 11 aromatic rings. The minimum Gasteiger partial charge on any atom is -0.378 e. The second kappa shape index (κ2) is 35.1. The summed E-state index contributed by atoms with van der Waals surface area (Å²) < 4.78 is 6.79. The van der Waals surface area contributed by atoms with Crippen molar-refractivity contribution in [3.63, 3.8) is 0 Å². The molecular weight excluding hydrogens is 1040 g/mol. The highest BCUT2D eigenvalue weighted by atomic mass is 16.5. The molecule has 11 rings (SSSR count). The second-order valence-electron chi connectivity index (χ2n) is 18.0. The van der Waals surface area contributed by atoms with Gasteiger partial charge in [-0.1, -0.05) is 30.3 Å². The van der Waals surface area contributed by atoms with Crippen LogP contribution in [0, 0.1) is 106 Å². The summed E-state index contributed by atoms with van der Waals surface area (Å²) in [5.41, 5.74) is 18.4. The number of hydrogen-bond acceptors (Lipinski definition) is 21. The first-order chi connectivity index (χ1) is 40.0. The van der Waals surface area contributed by atoms with E-state index >= 15 is 0 Å². The smallest absolute Gasteiger partial charge is 0.163 e. The zero-order valence-electron chi connectivity index (χ0n) is 49.3. The molecular formula is C61H67N21O. The van der Waals surface area contributed by atoms with E-state index in [1.165, 1.54) is 28.5 Å². The van der Waals surface area contributed by atoms with Gasteiger partial charge in [-0.05, 0) is 135 Å². The lowest BCUT2D eigenvalue weighted by molar-refractivity contribution is 0.180. The Morgan fingerprint density at radius 2 is 1.08 bits per heavy atom. The number of imidazole rings is 1. The lowest BCUT2D eigenvalue weighted by Crippen LogP contribution is -1.96. The second-order valence-corrected chi connectivity index (χ2v) is 18.0. The van der Waals surface area contributed by atoms with E-state index in [0.29, 0.717) is 35.1 Å². The molecule has 0 unspecified atom stereocenters. The quantitative estimate of drug-likeness (QED) is 0.158. The monoisotopic (exact) mass is 1110 g/mol. The highest BCUT2D eigenvalue weighted by Gasteiger charge is 2.06. The molecule has 0 bridgehead atoms. The molecule has 0 atom stereocenters. The standard InChI is InChI=1S/C12H9N3.C11H8N4.C7H8N4.C7H10N2O.4C6H8N2/c1-9-11(7-13)15-12(8-14-9)10-5-3-2-4-6-10;1-8-10(6-12)7-14-11(15-8)9-2-4-13-5-3-9;1-5-6-7(9-3-8-5)11(2)4-10-6;1-6-7(5-10-2)9-4-3-8-6;1-5-3-7-4-8-6(5)2;1-5-3-7-8-4-6(5)2;2*1-5-3-4-7-8-6(5)2/h2-6,8H,1H3;2-5,7H,1H3;3-4H,1-2H3;3-4H,5H2,1-2H3;4*3-4H,1-2H3. The number of pyridine rings is 1. The fraction of sp³-hybridized carbons (Fsp3) is 0.246. The number of fused-ring (bicyclic) bond motifs is 1. The number of aryl methyl sites for hydroxylation is 13. The SMILES string of the molecule is COCc1nccnc1C.Cc1ccnnc1C.Cc1ccnnc1C.Cc1cncnc1C.Cc1cnncc1C.Cc1nc(-c2ccncc2)ncc1C#N.Cc1ncc(-c2ccccc2)nc1C#N.Cc1ncnc2c1ncn2C. The van der Waals surface area contributed by atoms with Crippen molar-refractivity contribution >= 4 is 11.2 Å². The fourth-order valence-electron chi connectivity index (χ4n) is 6.13. The number of nitriles is 2. The van der Waals surface area contributed by atoms with Crippen LogP contribution in [0.3, 0.4) is 0 Å². The Bertz CT molecular complexity index is 3550. The first-order valence-corrected chi connectivity index (χ1v) is 25.7. The molecule has 22 nitrogen and oxygen atoms in total. The van der Waals surface area contributed by atoms with Crippen LogP contribution in [0.1, 0.15) is 84.6 Å². The number of hydrogen-bond donors (Lipinski definition) is 0. The third-order valence-electron chi connectivity index (χ3n) is 11.8. The molecule has 0 saturated carbocycles. The van der Waals surface area contributed by atoms with Crippen LogP contribution in [0.25, 0.3) is 33.8 Å². The van der Waals surface area contributed by atoms with Gasteiger partial charge in [-0.3, -0.25) is 19.9 Å². The first-order valence-electron chi connectivity index (χ1n) is 25.7. The number of nitrogens with zero attached hydrogens (tertiary/aromatic N) is 21. The Morgan fingerprint density at radius 3 is 1.58 bits per heavy atom. The highest BCUT2D eigenvalue weighted by Crippen LogP contribution is 2.17. The summed E-state index contributed by atoms with van der Waals surface area (Å²) in [5, 5.41) is 40.0. The summed E-state index contributed by atoms with van der Waals surface area (Å²) in [7, 11) is 3.57. The van der Waals surface area contributed by atoms with E-state index in [4.69, 9.17) is 15.3 Å². The van der Waals surface area contributed by atoms with Crippen molar-refractivity contribution in [2.45, 2.75) is 89.7 Å². The lowest BCUT2D eigenvalue weighted by atomic mass is 10.1. The van der Waals surface area contributed by atoms with Crippen LogP contribution in [-0.4, -0.2) is 102 Å². The number of methoxy groups -OCH3 is 1. The van der Waals surface area contributed by atoms with E-state index in [0.717, 1.165) is 67.7 Å². The van der Waals surface area contributed by atoms with Gasteiger partial charge in [0.15, 0.2) is 17.2 Å². The van der Waals surface area contributed by atoms with Gasteiger partial charge in [0.2, 0.25) is 0 Å². The van der Waals surface area contributed by atoms with Gasteiger partial charge in [0.1, 0.15) is 30.3 Å². The number of rotatable bonds is 4. The van der Waals surface area contributed by atoms with E-state index in [9.17, 15) is 0 Å². The van der Waals surface area contributed by atoms with Gasteiger partial charge < -0.3 is 9.30 Å². The Morgan fingerprint density at radius 1 is 0.458 bits per heavy atom. The van der Waals surface area contributed by atoms with Crippen LogP contribution in [-0.2, 0) is 18.4 Å². The molecule has 422 valence electrons. The van der Waals surface area contributed by atoms with Gasteiger partial charge in [-0.15, -0.1) is 0 Å². The first kappa shape index (κ1) is 64.9. The molecule has 0 aliphatic carbocycles. The average Bonchev–Trinajstić information content (AvgIpc) is 4.09. The fourth-order valence-corrected chi connectivity index (χ4v) is 6.13. The normalized spacial score (nSPS) is 9.64. The summed E-state index contributed by atoms with van der Waals surface area (Å²) in [6, 6.07) is 21.3. The molecule has 10 aromatic heterocycles. The highest BCUT2D eigenvalue weighted by molar-refractivity contribution is 5.72. The van der Waals surface area contributed by atoms with E-state index in [1.807, 2.05) is 154 Å². The number of ether oxygens (including phenoxy) is 1. The molecule has 0 radical (unpaired) electrons. The van der Waals surface area contributed by atoms with Crippen LogP contribution < -0.4 is 0 Å². The maximum atomic E-state index is 8.84. The van der Waals surface area contributed by atoms with Crippen LogP contribution in [0.5, 0.6) is 0 Å². The van der Waals surface area contributed by atoms with Gasteiger partial charge in [-0.2, -0.15) is 41.1 Å². The molecule has 10 heterocycles. The summed E-state index contributed by atoms with van der Waals surface area (Å²) in [5.74, 6) is 0.619. The molecule has 0 aliphatic heterocycles. The summed E-state index contributed by atoms with van der Waals surface area (Å²) >= 11 is 0.